The van der Waals surface area contributed by atoms with Crippen LogP contribution in [0.1, 0.15) is 23.8 Å². The van der Waals surface area contributed by atoms with Gasteiger partial charge in [-0.3, -0.25) is 4.79 Å². The van der Waals surface area contributed by atoms with Gasteiger partial charge in [0.1, 0.15) is 16.3 Å². The summed E-state index contributed by atoms with van der Waals surface area (Å²) in [5, 5.41) is 1.47. The zero-order valence-electron chi connectivity index (χ0n) is 15.4. The highest BCUT2D eigenvalue weighted by Crippen LogP contribution is 2.36. The van der Waals surface area contributed by atoms with Crippen molar-refractivity contribution in [2.45, 2.75) is 31.3 Å². The van der Waals surface area contributed by atoms with E-state index in [9.17, 15) is 4.79 Å². The van der Waals surface area contributed by atoms with Crippen LogP contribution in [0.2, 0.25) is 0 Å². The van der Waals surface area contributed by atoms with Crippen molar-refractivity contribution in [3.05, 3.63) is 45.1 Å². The molecule has 1 unspecified atom stereocenters. The SMILES string of the molecule is COc1ccc(OCCSc2nc3sc4c(c3c(=O)[nH]2)CCC(C)C4)cc1. The number of thioether (sulfide) groups is 1. The van der Waals surface area contributed by atoms with Crippen LogP contribution in [0.25, 0.3) is 10.2 Å². The molecule has 3 aromatic rings. The fourth-order valence-electron chi connectivity index (χ4n) is 3.37. The van der Waals surface area contributed by atoms with E-state index in [-0.39, 0.29) is 5.56 Å². The highest BCUT2D eigenvalue weighted by molar-refractivity contribution is 7.99. The standard InChI is InChI=1S/C20H22N2O3S2/c1-12-3-8-15-16(11-12)27-19-17(15)18(23)21-20(22-19)26-10-9-25-14-6-4-13(24-2)5-7-14/h4-7,12H,3,8-11H2,1-2H3,(H,21,22,23). The predicted molar refractivity (Wildman–Crippen MR) is 111 cm³/mol. The second-order valence-corrected chi connectivity index (χ2v) is 8.94. The topological polar surface area (TPSA) is 64.2 Å². The molecule has 27 heavy (non-hydrogen) atoms. The highest BCUT2D eigenvalue weighted by atomic mass is 32.2. The minimum absolute atomic E-state index is 0.00868. The molecule has 4 rings (SSSR count). The zero-order valence-corrected chi connectivity index (χ0v) is 17.0. The number of fused-ring (bicyclic) bond motifs is 3. The number of benzene rings is 1. The lowest BCUT2D eigenvalue weighted by atomic mass is 9.89. The average Bonchev–Trinajstić information content (AvgIpc) is 3.03. The molecule has 2 heterocycles. The summed E-state index contributed by atoms with van der Waals surface area (Å²) in [7, 11) is 1.64. The van der Waals surface area contributed by atoms with Crippen LogP contribution in [0.4, 0.5) is 0 Å². The summed E-state index contributed by atoms with van der Waals surface area (Å²) in [5.74, 6) is 3.00. The molecule has 1 aromatic carbocycles. The van der Waals surface area contributed by atoms with E-state index in [2.05, 4.69) is 16.9 Å². The molecule has 1 N–H and O–H groups in total. The minimum Gasteiger partial charge on any atom is -0.497 e. The third-order valence-corrected chi connectivity index (χ3v) is 6.78. The lowest BCUT2D eigenvalue weighted by Gasteiger charge is -2.17. The Morgan fingerprint density at radius 3 is 2.85 bits per heavy atom. The Morgan fingerprint density at radius 2 is 2.07 bits per heavy atom. The van der Waals surface area contributed by atoms with Crippen molar-refractivity contribution < 1.29 is 9.47 Å². The number of aromatic nitrogens is 2. The molecule has 0 saturated heterocycles. The van der Waals surface area contributed by atoms with Gasteiger partial charge in [-0.05, 0) is 55.0 Å². The Bertz CT molecular complexity index is 995. The van der Waals surface area contributed by atoms with Crippen LogP contribution < -0.4 is 15.0 Å². The van der Waals surface area contributed by atoms with Crippen molar-refractivity contribution in [3.63, 3.8) is 0 Å². The molecule has 1 aliphatic rings. The molecule has 0 fully saturated rings. The molecule has 0 aliphatic heterocycles. The number of H-pyrrole nitrogens is 1. The molecule has 0 radical (unpaired) electrons. The number of aromatic amines is 1. The lowest BCUT2D eigenvalue weighted by Crippen LogP contribution is -2.13. The van der Waals surface area contributed by atoms with Gasteiger partial charge >= 0.3 is 0 Å². The first-order valence-electron chi connectivity index (χ1n) is 9.08. The van der Waals surface area contributed by atoms with Crippen molar-refractivity contribution in [1.29, 1.82) is 0 Å². The van der Waals surface area contributed by atoms with Gasteiger partial charge in [-0.1, -0.05) is 18.7 Å². The second-order valence-electron chi connectivity index (χ2n) is 6.78. The summed E-state index contributed by atoms with van der Waals surface area (Å²) in [6.45, 7) is 2.81. The van der Waals surface area contributed by atoms with Gasteiger partial charge < -0.3 is 14.5 Å². The smallest absolute Gasteiger partial charge is 0.260 e. The maximum Gasteiger partial charge on any atom is 0.260 e. The number of hydrogen-bond acceptors (Lipinski definition) is 6. The second kappa shape index (κ2) is 7.94. The van der Waals surface area contributed by atoms with E-state index in [4.69, 9.17) is 9.47 Å². The first-order valence-corrected chi connectivity index (χ1v) is 10.9. The molecule has 1 atom stereocenters. The Balaban J connectivity index is 1.41. The number of nitrogens with zero attached hydrogens (tertiary/aromatic N) is 1. The summed E-state index contributed by atoms with van der Waals surface area (Å²) < 4.78 is 10.9. The van der Waals surface area contributed by atoms with Crippen LogP contribution in [0.3, 0.4) is 0 Å². The minimum atomic E-state index is -0.00868. The summed E-state index contributed by atoms with van der Waals surface area (Å²) in [6, 6.07) is 7.50. The van der Waals surface area contributed by atoms with Crippen LogP contribution in [0.15, 0.2) is 34.2 Å². The molecule has 142 valence electrons. The molecular formula is C20H22N2O3S2. The molecule has 0 bridgehead atoms. The highest BCUT2D eigenvalue weighted by Gasteiger charge is 2.23. The van der Waals surface area contributed by atoms with Gasteiger partial charge in [0.15, 0.2) is 5.16 Å². The fourth-order valence-corrected chi connectivity index (χ4v) is 5.49. The van der Waals surface area contributed by atoms with Gasteiger partial charge in [0.05, 0.1) is 19.1 Å². The van der Waals surface area contributed by atoms with Crippen LogP contribution in [0.5, 0.6) is 11.5 Å². The Hall–Kier alpha value is -1.99. The van der Waals surface area contributed by atoms with E-state index in [0.717, 1.165) is 41.0 Å². The van der Waals surface area contributed by atoms with Gasteiger partial charge in [0.25, 0.3) is 5.56 Å². The van der Waals surface area contributed by atoms with Crippen molar-refractivity contribution in [2.24, 2.45) is 5.92 Å². The fraction of sp³-hybridized carbons (Fsp3) is 0.400. The lowest BCUT2D eigenvalue weighted by molar-refractivity contribution is 0.342. The summed E-state index contributed by atoms with van der Waals surface area (Å²) in [5.41, 5.74) is 1.21. The maximum absolute atomic E-state index is 12.6. The number of hydrogen-bond donors (Lipinski definition) is 1. The summed E-state index contributed by atoms with van der Waals surface area (Å²) >= 11 is 3.20. The first kappa shape index (κ1) is 18.4. The zero-order chi connectivity index (χ0) is 18.8. The predicted octanol–water partition coefficient (Wildman–Crippen LogP) is 4.29. The van der Waals surface area contributed by atoms with Crippen LogP contribution in [0, 0.1) is 5.92 Å². The molecule has 0 amide bonds. The van der Waals surface area contributed by atoms with Crippen molar-refractivity contribution in [2.75, 3.05) is 19.5 Å². The molecule has 5 nitrogen and oxygen atoms in total. The molecule has 1 aliphatic carbocycles. The van der Waals surface area contributed by atoms with Crippen molar-refractivity contribution in [3.8, 4) is 11.5 Å². The third kappa shape index (κ3) is 3.99. The van der Waals surface area contributed by atoms with E-state index in [1.54, 1.807) is 18.4 Å². The van der Waals surface area contributed by atoms with Crippen molar-refractivity contribution >= 4 is 33.3 Å². The Labute approximate surface area is 166 Å². The normalized spacial score (nSPS) is 16.3. The van der Waals surface area contributed by atoms with Gasteiger partial charge in [-0.2, -0.15) is 0 Å². The molecular weight excluding hydrogens is 380 g/mol. The number of rotatable bonds is 6. The van der Waals surface area contributed by atoms with E-state index < -0.39 is 0 Å². The number of thiophene rings is 1. The number of aryl methyl sites for hydroxylation is 1. The quantitative estimate of drug-likeness (QED) is 0.379. The number of methoxy groups -OCH3 is 1. The maximum atomic E-state index is 12.6. The Morgan fingerprint density at radius 1 is 1.30 bits per heavy atom. The average molecular weight is 403 g/mol. The van der Waals surface area contributed by atoms with Gasteiger partial charge in [-0.25, -0.2) is 4.98 Å². The van der Waals surface area contributed by atoms with Gasteiger partial charge in [0, 0.05) is 10.6 Å². The van der Waals surface area contributed by atoms with Gasteiger partial charge in [0.2, 0.25) is 0 Å². The van der Waals surface area contributed by atoms with E-state index in [1.165, 1.54) is 22.2 Å². The molecule has 0 saturated carbocycles. The van der Waals surface area contributed by atoms with E-state index in [0.29, 0.717) is 23.4 Å². The molecule has 2 aromatic heterocycles. The number of ether oxygens (including phenoxy) is 2. The summed E-state index contributed by atoms with van der Waals surface area (Å²) in [4.78, 5) is 22.4. The monoisotopic (exact) mass is 402 g/mol. The molecule has 0 spiro atoms. The van der Waals surface area contributed by atoms with E-state index >= 15 is 0 Å². The Kier molecular flexibility index (Phi) is 5.41. The summed E-state index contributed by atoms with van der Waals surface area (Å²) in [6.07, 6.45) is 3.20. The van der Waals surface area contributed by atoms with Gasteiger partial charge in [-0.15, -0.1) is 11.3 Å². The van der Waals surface area contributed by atoms with Crippen LogP contribution in [-0.4, -0.2) is 29.4 Å². The first-order chi connectivity index (χ1) is 13.1. The largest absolute Gasteiger partial charge is 0.497 e. The third-order valence-electron chi connectivity index (χ3n) is 4.79. The van der Waals surface area contributed by atoms with Crippen molar-refractivity contribution in [1.82, 2.24) is 9.97 Å². The van der Waals surface area contributed by atoms with E-state index in [1.807, 2.05) is 24.3 Å². The molecule has 7 heteroatoms. The van der Waals surface area contributed by atoms with Crippen LogP contribution >= 0.6 is 23.1 Å². The van der Waals surface area contributed by atoms with Crippen LogP contribution in [-0.2, 0) is 12.8 Å². The number of nitrogens with one attached hydrogen (secondary N) is 1.